The van der Waals surface area contributed by atoms with E-state index in [9.17, 15) is 9.59 Å². The van der Waals surface area contributed by atoms with Crippen LogP contribution in [0.15, 0.2) is 28.2 Å². The number of nitrogens with one attached hydrogen (secondary N) is 2. The number of thioether (sulfide) groups is 1. The Morgan fingerprint density at radius 3 is 2.87 bits per heavy atom. The van der Waals surface area contributed by atoms with E-state index >= 15 is 0 Å². The highest BCUT2D eigenvalue weighted by molar-refractivity contribution is 8.00. The summed E-state index contributed by atoms with van der Waals surface area (Å²) in [6.45, 7) is 1.75. The van der Waals surface area contributed by atoms with E-state index in [0.717, 1.165) is 12.8 Å². The van der Waals surface area contributed by atoms with E-state index in [-0.39, 0.29) is 17.6 Å². The second-order valence-electron chi connectivity index (χ2n) is 5.29. The summed E-state index contributed by atoms with van der Waals surface area (Å²) in [6.07, 6.45) is 1.93. The predicted molar refractivity (Wildman–Crippen MR) is 91.5 cm³/mol. The third-order valence-electron chi connectivity index (χ3n) is 3.42. The molecule has 6 nitrogen and oxygen atoms in total. The number of anilines is 1. The highest BCUT2D eigenvalue weighted by Crippen LogP contribution is 2.37. The maximum atomic E-state index is 12.3. The van der Waals surface area contributed by atoms with Gasteiger partial charge in [-0.25, -0.2) is 9.89 Å². The number of halogens is 2. The van der Waals surface area contributed by atoms with Gasteiger partial charge >= 0.3 is 5.69 Å². The molecule has 0 unspecified atom stereocenters. The third-order valence-corrected chi connectivity index (χ3v) is 5.04. The van der Waals surface area contributed by atoms with Crippen molar-refractivity contribution in [3.63, 3.8) is 0 Å². The lowest BCUT2D eigenvalue weighted by atomic mass is 10.3. The summed E-state index contributed by atoms with van der Waals surface area (Å²) in [6, 6.07) is 5.06. The van der Waals surface area contributed by atoms with Crippen LogP contribution in [0, 0.1) is 0 Å². The van der Waals surface area contributed by atoms with Crippen LogP contribution in [-0.2, 0) is 4.79 Å². The van der Waals surface area contributed by atoms with Gasteiger partial charge in [0.05, 0.1) is 16.0 Å². The number of hydrogen-bond acceptors (Lipinski definition) is 4. The topological polar surface area (TPSA) is 79.8 Å². The van der Waals surface area contributed by atoms with Crippen molar-refractivity contribution in [3.05, 3.63) is 38.7 Å². The summed E-state index contributed by atoms with van der Waals surface area (Å²) in [5, 5.41) is 10.2. The molecular weight excluding hydrogens is 359 g/mol. The van der Waals surface area contributed by atoms with Crippen molar-refractivity contribution in [1.82, 2.24) is 14.8 Å². The van der Waals surface area contributed by atoms with Crippen molar-refractivity contribution >= 4 is 46.6 Å². The first kappa shape index (κ1) is 16.4. The summed E-state index contributed by atoms with van der Waals surface area (Å²) in [5.41, 5.74) is 0.262. The average Bonchev–Trinajstić information content (AvgIpc) is 3.26. The molecule has 0 aliphatic heterocycles. The molecule has 1 aromatic heterocycles. The smallest absolute Gasteiger partial charge is 0.324 e. The van der Waals surface area contributed by atoms with Crippen LogP contribution < -0.4 is 11.0 Å². The molecule has 1 aliphatic rings. The number of benzene rings is 1. The van der Waals surface area contributed by atoms with E-state index in [2.05, 4.69) is 15.5 Å². The van der Waals surface area contributed by atoms with Crippen molar-refractivity contribution in [2.75, 3.05) is 5.32 Å². The molecule has 1 atom stereocenters. The summed E-state index contributed by atoms with van der Waals surface area (Å²) in [5.74, 6) is -0.225. The first-order valence-electron chi connectivity index (χ1n) is 7.05. The van der Waals surface area contributed by atoms with Gasteiger partial charge in [0.25, 0.3) is 0 Å². The second-order valence-corrected chi connectivity index (χ2v) is 7.44. The van der Waals surface area contributed by atoms with Crippen LogP contribution in [0.1, 0.15) is 25.8 Å². The minimum absolute atomic E-state index is 0.199. The lowest BCUT2D eigenvalue weighted by molar-refractivity contribution is -0.115. The lowest BCUT2D eigenvalue weighted by Gasteiger charge is -2.13. The Hall–Kier alpha value is -1.44. The Kier molecular flexibility index (Phi) is 4.70. The number of nitrogens with zero attached hydrogens (tertiary/aromatic N) is 2. The Morgan fingerprint density at radius 1 is 1.48 bits per heavy atom. The molecule has 1 amide bonds. The molecule has 1 aromatic carbocycles. The fraction of sp³-hybridized carbons (Fsp3) is 0.357. The van der Waals surface area contributed by atoms with E-state index < -0.39 is 5.25 Å². The fourth-order valence-electron chi connectivity index (χ4n) is 2.06. The molecule has 2 N–H and O–H groups in total. The van der Waals surface area contributed by atoms with Gasteiger partial charge in [0.15, 0.2) is 5.16 Å². The maximum absolute atomic E-state index is 12.3. The van der Waals surface area contributed by atoms with Crippen molar-refractivity contribution in [2.45, 2.75) is 36.2 Å². The number of aromatic amines is 1. The maximum Gasteiger partial charge on any atom is 0.344 e. The van der Waals surface area contributed by atoms with Crippen LogP contribution in [0.3, 0.4) is 0 Å². The Labute approximate surface area is 146 Å². The van der Waals surface area contributed by atoms with Crippen molar-refractivity contribution in [1.29, 1.82) is 0 Å². The van der Waals surface area contributed by atoms with Crippen LogP contribution in [0.25, 0.3) is 0 Å². The molecule has 122 valence electrons. The van der Waals surface area contributed by atoms with Gasteiger partial charge in [-0.1, -0.05) is 35.0 Å². The molecule has 23 heavy (non-hydrogen) atoms. The summed E-state index contributed by atoms with van der Waals surface area (Å²) >= 11 is 13.1. The number of aromatic nitrogens is 3. The van der Waals surface area contributed by atoms with Gasteiger partial charge in [0.1, 0.15) is 0 Å². The molecular formula is C14H14Cl2N4O2S. The molecule has 1 heterocycles. The molecule has 0 radical (unpaired) electrons. The van der Waals surface area contributed by atoms with Crippen molar-refractivity contribution in [3.8, 4) is 0 Å². The number of carbonyl (C=O) groups is 1. The van der Waals surface area contributed by atoms with E-state index in [1.165, 1.54) is 11.8 Å². The number of rotatable bonds is 5. The Bertz CT molecular complexity index is 800. The van der Waals surface area contributed by atoms with Gasteiger partial charge in [0, 0.05) is 11.1 Å². The molecule has 0 saturated heterocycles. The first-order chi connectivity index (χ1) is 11.0. The average molecular weight is 373 g/mol. The van der Waals surface area contributed by atoms with Gasteiger partial charge in [-0.05, 0) is 38.0 Å². The van der Waals surface area contributed by atoms with Gasteiger partial charge < -0.3 is 5.32 Å². The van der Waals surface area contributed by atoms with Gasteiger partial charge in [-0.15, -0.1) is 5.10 Å². The highest BCUT2D eigenvalue weighted by Gasteiger charge is 2.30. The first-order valence-corrected chi connectivity index (χ1v) is 8.68. The zero-order valence-corrected chi connectivity index (χ0v) is 14.5. The summed E-state index contributed by atoms with van der Waals surface area (Å²) in [7, 11) is 0. The van der Waals surface area contributed by atoms with E-state index in [0.29, 0.717) is 20.9 Å². The van der Waals surface area contributed by atoms with E-state index in [1.54, 1.807) is 29.7 Å². The Morgan fingerprint density at radius 2 is 2.22 bits per heavy atom. The SMILES string of the molecule is C[C@@H](Sc1n[nH]c(=O)n1C1CC1)C(=O)Nc1ccc(Cl)cc1Cl. The number of H-pyrrole nitrogens is 1. The van der Waals surface area contributed by atoms with Crippen LogP contribution in [0.2, 0.25) is 10.0 Å². The van der Waals surface area contributed by atoms with E-state index in [1.807, 2.05) is 0 Å². The minimum Gasteiger partial charge on any atom is -0.324 e. The fourth-order valence-corrected chi connectivity index (χ4v) is 3.45. The summed E-state index contributed by atoms with van der Waals surface area (Å²) < 4.78 is 1.61. The van der Waals surface area contributed by atoms with Crippen molar-refractivity contribution in [2.24, 2.45) is 0 Å². The predicted octanol–water partition coefficient (Wildman–Crippen LogP) is 3.33. The molecule has 0 bridgehead atoms. The molecule has 1 saturated carbocycles. The molecule has 9 heteroatoms. The largest absolute Gasteiger partial charge is 0.344 e. The normalized spacial score (nSPS) is 15.4. The molecule has 3 rings (SSSR count). The molecule has 0 spiro atoms. The zero-order valence-electron chi connectivity index (χ0n) is 12.2. The number of amides is 1. The second kappa shape index (κ2) is 6.59. The van der Waals surface area contributed by atoms with Crippen LogP contribution in [0.5, 0.6) is 0 Å². The minimum atomic E-state index is -0.436. The van der Waals surface area contributed by atoms with Crippen LogP contribution in [-0.4, -0.2) is 25.9 Å². The number of carbonyl (C=O) groups excluding carboxylic acids is 1. The molecule has 1 aliphatic carbocycles. The lowest BCUT2D eigenvalue weighted by Crippen LogP contribution is -2.24. The summed E-state index contributed by atoms with van der Waals surface area (Å²) in [4.78, 5) is 24.1. The van der Waals surface area contributed by atoms with Crippen LogP contribution in [0.4, 0.5) is 5.69 Å². The quantitative estimate of drug-likeness (QED) is 0.788. The highest BCUT2D eigenvalue weighted by atomic mass is 35.5. The van der Waals surface area contributed by atoms with Gasteiger partial charge in [-0.2, -0.15) is 0 Å². The third kappa shape index (κ3) is 3.73. The van der Waals surface area contributed by atoms with Crippen molar-refractivity contribution < 1.29 is 4.79 Å². The van der Waals surface area contributed by atoms with Gasteiger partial charge in [-0.3, -0.25) is 9.36 Å². The van der Waals surface area contributed by atoms with E-state index in [4.69, 9.17) is 23.2 Å². The van der Waals surface area contributed by atoms with Crippen LogP contribution >= 0.6 is 35.0 Å². The Balaban J connectivity index is 1.69. The molecule has 2 aromatic rings. The standard InChI is InChI=1S/C14H14Cl2N4O2S/c1-7(12(21)17-11-5-2-8(15)6-10(11)16)23-14-19-18-13(22)20(14)9-3-4-9/h2,5-7,9H,3-4H2,1H3,(H,17,21)(H,18,22)/t7-/m1/s1. The zero-order chi connectivity index (χ0) is 16.6. The molecule has 1 fully saturated rings. The number of hydrogen-bond donors (Lipinski definition) is 2. The van der Waals surface area contributed by atoms with Gasteiger partial charge in [0.2, 0.25) is 5.91 Å². The monoisotopic (exact) mass is 372 g/mol.